The van der Waals surface area contributed by atoms with Crippen molar-refractivity contribution in [1.29, 1.82) is 0 Å². The lowest BCUT2D eigenvalue weighted by Crippen LogP contribution is -2.46. The number of fused-ring (bicyclic) bond motifs is 2. The van der Waals surface area contributed by atoms with Gasteiger partial charge in [0.2, 0.25) is 5.89 Å². The van der Waals surface area contributed by atoms with Crippen molar-refractivity contribution < 1.29 is 4.42 Å². The molecule has 0 radical (unpaired) electrons. The minimum absolute atomic E-state index is 0. The minimum atomic E-state index is 0. The van der Waals surface area contributed by atoms with Crippen molar-refractivity contribution in [2.75, 3.05) is 7.05 Å². The molecule has 0 aliphatic carbocycles. The van der Waals surface area contributed by atoms with E-state index in [1.165, 1.54) is 25.7 Å². The molecule has 2 fully saturated rings. The first-order valence-electron chi connectivity index (χ1n) is 8.34. The molecule has 130 valence electrons. The summed E-state index contributed by atoms with van der Waals surface area (Å²) >= 11 is 6.04. The molecule has 24 heavy (non-hydrogen) atoms. The lowest BCUT2D eigenvalue weighted by molar-refractivity contribution is 0.164. The normalized spacial score (nSPS) is 25.7. The summed E-state index contributed by atoms with van der Waals surface area (Å²) < 4.78 is 5.64. The maximum absolute atomic E-state index is 6.04. The van der Waals surface area contributed by atoms with Crippen LogP contribution in [0.25, 0.3) is 11.5 Å². The first kappa shape index (κ1) is 17.7. The number of halogens is 2. The van der Waals surface area contributed by atoms with Crippen LogP contribution in [0.5, 0.6) is 0 Å². The molecule has 2 saturated heterocycles. The third-order valence-corrected chi connectivity index (χ3v) is 5.34. The summed E-state index contributed by atoms with van der Waals surface area (Å²) in [5.74, 6) is 0.640. The zero-order valence-electron chi connectivity index (χ0n) is 13.7. The quantitative estimate of drug-likeness (QED) is 0.881. The first-order valence-corrected chi connectivity index (χ1v) is 8.72. The smallest absolute Gasteiger partial charge is 0.226 e. The third-order valence-electron chi connectivity index (χ3n) is 5.11. The van der Waals surface area contributed by atoms with Crippen molar-refractivity contribution in [2.24, 2.45) is 0 Å². The van der Waals surface area contributed by atoms with Crippen LogP contribution >= 0.6 is 24.0 Å². The molecule has 2 bridgehead atoms. The molecule has 1 aromatic heterocycles. The Labute approximate surface area is 154 Å². The Morgan fingerprint density at radius 1 is 1.29 bits per heavy atom. The summed E-state index contributed by atoms with van der Waals surface area (Å²) in [5, 5.41) is 4.40. The fourth-order valence-corrected chi connectivity index (χ4v) is 4.10. The Bertz CT molecular complexity index is 678. The molecule has 1 aromatic carbocycles. The standard InChI is InChI=1S/C18H22ClN3O.ClH/c1-22(17-8-14-5-6-15(9-17)20-14)10-16-11-23-18(21-16)12-3-2-4-13(19)7-12;/h2-4,7,11,14-15,17,20H,5-6,8-10H2,1H3;1H. The Morgan fingerprint density at radius 2 is 2.04 bits per heavy atom. The Hall–Kier alpha value is -1.07. The van der Waals surface area contributed by atoms with Crippen LogP contribution in [0.1, 0.15) is 31.4 Å². The number of hydrogen-bond donors (Lipinski definition) is 1. The van der Waals surface area contributed by atoms with Crippen molar-refractivity contribution in [2.45, 2.75) is 50.4 Å². The van der Waals surface area contributed by atoms with Crippen molar-refractivity contribution in [1.82, 2.24) is 15.2 Å². The average Bonchev–Trinajstić information content (AvgIpc) is 3.14. The number of piperidine rings is 1. The van der Waals surface area contributed by atoms with Crippen molar-refractivity contribution in [3.8, 4) is 11.5 Å². The highest BCUT2D eigenvalue weighted by Gasteiger charge is 2.35. The van der Waals surface area contributed by atoms with Crippen molar-refractivity contribution in [3.63, 3.8) is 0 Å². The number of benzene rings is 1. The van der Waals surface area contributed by atoms with E-state index in [-0.39, 0.29) is 12.4 Å². The Balaban J connectivity index is 0.00000169. The number of hydrogen-bond acceptors (Lipinski definition) is 4. The molecular weight excluding hydrogens is 345 g/mol. The number of nitrogens with one attached hydrogen (secondary N) is 1. The first-order chi connectivity index (χ1) is 11.2. The van der Waals surface area contributed by atoms with Gasteiger partial charge in [0.05, 0.1) is 5.69 Å². The van der Waals surface area contributed by atoms with Crippen LogP contribution in [0.2, 0.25) is 5.02 Å². The van der Waals surface area contributed by atoms with Gasteiger partial charge in [-0.05, 0) is 50.9 Å². The largest absolute Gasteiger partial charge is 0.444 e. The monoisotopic (exact) mass is 367 g/mol. The number of oxazole rings is 1. The van der Waals surface area contributed by atoms with Gasteiger partial charge in [-0.15, -0.1) is 12.4 Å². The van der Waals surface area contributed by atoms with E-state index in [9.17, 15) is 0 Å². The molecule has 4 nitrogen and oxygen atoms in total. The van der Waals surface area contributed by atoms with E-state index in [1.54, 1.807) is 6.26 Å². The summed E-state index contributed by atoms with van der Waals surface area (Å²) in [6.07, 6.45) is 6.91. The van der Waals surface area contributed by atoms with Gasteiger partial charge in [-0.1, -0.05) is 17.7 Å². The zero-order valence-corrected chi connectivity index (χ0v) is 15.3. The summed E-state index contributed by atoms with van der Waals surface area (Å²) in [6.45, 7) is 0.828. The van der Waals surface area contributed by atoms with Gasteiger partial charge < -0.3 is 9.73 Å². The summed E-state index contributed by atoms with van der Waals surface area (Å²) in [7, 11) is 2.20. The number of nitrogens with zero attached hydrogens (tertiary/aromatic N) is 2. The molecule has 3 heterocycles. The molecule has 0 amide bonds. The average molecular weight is 368 g/mol. The summed E-state index contributed by atoms with van der Waals surface area (Å²) in [6, 6.07) is 9.68. The van der Waals surface area contributed by atoms with Gasteiger partial charge in [0, 0.05) is 35.3 Å². The number of rotatable bonds is 4. The molecule has 2 aliphatic rings. The molecule has 4 rings (SSSR count). The van der Waals surface area contributed by atoms with Gasteiger partial charge in [0.1, 0.15) is 6.26 Å². The van der Waals surface area contributed by atoms with Crippen LogP contribution < -0.4 is 5.32 Å². The topological polar surface area (TPSA) is 41.3 Å². The lowest BCUT2D eigenvalue weighted by Gasteiger charge is -2.35. The van der Waals surface area contributed by atoms with Crippen LogP contribution in [-0.4, -0.2) is 35.1 Å². The van der Waals surface area contributed by atoms with Crippen molar-refractivity contribution in [3.05, 3.63) is 41.2 Å². The Kier molecular flexibility index (Phi) is 5.50. The maximum Gasteiger partial charge on any atom is 0.226 e. The summed E-state index contributed by atoms with van der Waals surface area (Å²) in [5.41, 5.74) is 1.90. The third kappa shape index (κ3) is 3.77. The van der Waals surface area contributed by atoms with Gasteiger partial charge in [-0.3, -0.25) is 4.90 Å². The molecule has 6 heteroatoms. The zero-order chi connectivity index (χ0) is 15.8. The van der Waals surface area contributed by atoms with Gasteiger partial charge in [0.15, 0.2) is 0 Å². The lowest BCUT2D eigenvalue weighted by atomic mass is 9.98. The van der Waals surface area contributed by atoms with Gasteiger partial charge in [0.25, 0.3) is 0 Å². The fourth-order valence-electron chi connectivity index (χ4n) is 3.91. The van der Waals surface area contributed by atoms with E-state index in [0.29, 0.717) is 29.0 Å². The molecule has 0 spiro atoms. The molecule has 2 aliphatic heterocycles. The SMILES string of the molecule is CN(Cc1coc(-c2cccc(Cl)c2)n1)C1CC2CCC(C1)N2.Cl. The second-order valence-electron chi connectivity index (χ2n) is 6.83. The second-order valence-corrected chi connectivity index (χ2v) is 7.27. The fraction of sp³-hybridized carbons (Fsp3) is 0.500. The predicted molar refractivity (Wildman–Crippen MR) is 98.6 cm³/mol. The van der Waals surface area contributed by atoms with E-state index < -0.39 is 0 Å². The molecule has 2 aromatic rings. The molecule has 2 unspecified atom stereocenters. The number of aromatic nitrogens is 1. The van der Waals surface area contributed by atoms with Crippen LogP contribution in [0.4, 0.5) is 0 Å². The van der Waals surface area contributed by atoms with E-state index in [1.807, 2.05) is 24.3 Å². The second kappa shape index (κ2) is 7.44. The molecule has 2 atom stereocenters. The van der Waals surface area contributed by atoms with Crippen molar-refractivity contribution >= 4 is 24.0 Å². The van der Waals surface area contributed by atoms with E-state index >= 15 is 0 Å². The van der Waals surface area contributed by atoms with Crippen LogP contribution in [0.3, 0.4) is 0 Å². The maximum atomic E-state index is 6.04. The van der Waals surface area contributed by atoms with E-state index in [4.69, 9.17) is 16.0 Å². The minimum Gasteiger partial charge on any atom is -0.444 e. The van der Waals surface area contributed by atoms with Crippen LogP contribution in [0, 0.1) is 0 Å². The summed E-state index contributed by atoms with van der Waals surface area (Å²) in [4.78, 5) is 7.05. The van der Waals surface area contributed by atoms with Gasteiger partial charge in [-0.25, -0.2) is 4.98 Å². The van der Waals surface area contributed by atoms with Gasteiger partial charge in [-0.2, -0.15) is 0 Å². The highest BCUT2D eigenvalue weighted by molar-refractivity contribution is 6.30. The van der Waals surface area contributed by atoms with Gasteiger partial charge >= 0.3 is 0 Å². The Morgan fingerprint density at radius 3 is 2.75 bits per heavy atom. The van der Waals surface area contributed by atoms with Crippen LogP contribution in [-0.2, 0) is 6.54 Å². The molecular formula is C18H23Cl2N3O. The highest BCUT2D eigenvalue weighted by Crippen LogP contribution is 2.30. The predicted octanol–water partition coefficient (Wildman–Crippen LogP) is 4.13. The highest BCUT2D eigenvalue weighted by atomic mass is 35.5. The molecule has 1 N–H and O–H groups in total. The van der Waals surface area contributed by atoms with E-state index in [0.717, 1.165) is 17.8 Å². The van der Waals surface area contributed by atoms with E-state index in [2.05, 4.69) is 22.2 Å². The molecule has 0 saturated carbocycles. The van der Waals surface area contributed by atoms with Crippen LogP contribution in [0.15, 0.2) is 34.9 Å².